The molecule has 0 bridgehead atoms. The van der Waals surface area contributed by atoms with Crippen molar-refractivity contribution in [2.45, 2.75) is 13.0 Å². The average Bonchev–Trinajstić information content (AvgIpc) is 3.35. The fraction of sp³-hybridized carbons (Fsp3) is 0.130. The summed E-state index contributed by atoms with van der Waals surface area (Å²) in [4.78, 5) is 54.5. The molecular formula is C23H16ClN3O7S. The van der Waals surface area contributed by atoms with Crippen molar-refractivity contribution in [2.75, 3.05) is 12.0 Å². The third kappa shape index (κ3) is 4.27. The largest absolute Gasteiger partial charge is 0.507 e. The van der Waals surface area contributed by atoms with Crippen molar-refractivity contribution in [1.82, 2.24) is 4.98 Å². The first-order valence-electron chi connectivity index (χ1n) is 10.0. The molecule has 1 aliphatic heterocycles. The van der Waals surface area contributed by atoms with Gasteiger partial charge in [-0.2, -0.15) is 0 Å². The third-order valence-electron chi connectivity index (χ3n) is 5.34. The van der Waals surface area contributed by atoms with E-state index in [0.29, 0.717) is 16.3 Å². The van der Waals surface area contributed by atoms with Crippen LogP contribution in [0.3, 0.4) is 0 Å². The van der Waals surface area contributed by atoms with Gasteiger partial charge in [0.25, 0.3) is 11.5 Å². The summed E-state index contributed by atoms with van der Waals surface area (Å²) in [7, 11) is 1.20. The minimum atomic E-state index is -1.16. The second-order valence-corrected chi connectivity index (χ2v) is 8.84. The van der Waals surface area contributed by atoms with Crippen molar-refractivity contribution in [3.05, 3.63) is 90.9 Å². The third-order valence-corrected chi connectivity index (χ3v) is 6.73. The number of ketones is 1. The maximum atomic E-state index is 13.2. The van der Waals surface area contributed by atoms with Gasteiger partial charge in [-0.1, -0.05) is 22.9 Å². The Morgan fingerprint density at radius 3 is 2.37 bits per heavy atom. The standard InChI is InChI=1S/C23H16ClN3O7S/c1-11-20(22(31)34-2)35-23(25-11)26-17(12-5-9-15(10-6-12)27(32)33)16(19(29)21(26)30)18(28)13-3-7-14(24)8-4-13/h3-10,17,28H,1-2H3/t17-/m1/s1. The van der Waals surface area contributed by atoms with Gasteiger partial charge in [0, 0.05) is 22.7 Å². The summed E-state index contributed by atoms with van der Waals surface area (Å²) in [6, 6.07) is 10.1. The van der Waals surface area contributed by atoms with Gasteiger partial charge in [0.15, 0.2) is 5.13 Å². The lowest BCUT2D eigenvalue weighted by Gasteiger charge is -2.22. The van der Waals surface area contributed by atoms with Crippen LogP contribution in [-0.2, 0) is 14.3 Å². The van der Waals surface area contributed by atoms with E-state index in [-0.39, 0.29) is 26.8 Å². The summed E-state index contributed by atoms with van der Waals surface area (Å²) in [5, 5.41) is 22.6. The normalized spacial score (nSPS) is 17.0. The number of carbonyl (C=O) groups excluding carboxylic acids is 3. The summed E-state index contributed by atoms with van der Waals surface area (Å²) in [5.74, 6) is -3.06. The summed E-state index contributed by atoms with van der Waals surface area (Å²) in [6.07, 6.45) is 0. The van der Waals surface area contributed by atoms with Crippen LogP contribution in [0, 0.1) is 17.0 Å². The lowest BCUT2D eigenvalue weighted by atomic mass is 9.95. The lowest BCUT2D eigenvalue weighted by molar-refractivity contribution is -0.384. The first kappa shape index (κ1) is 24.0. The van der Waals surface area contributed by atoms with E-state index in [0.717, 1.165) is 16.2 Å². The average molecular weight is 514 g/mol. The molecule has 1 aromatic heterocycles. The number of ether oxygens (including phenoxy) is 1. The number of aromatic nitrogens is 1. The number of halogens is 1. The number of nitro benzene ring substituents is 1. The van der Waals surface area contributed by atoms with E-state index in [2.05, 4.69) is 4.98 Å². The molecule has 4 rings (SSSR count). The Labute approximate surface area is 207 Å². The molecule has 2 heterocycles. The Kier molecular flexibility index (Phi) is 6.37. The Bertz CT molecular complexity index is 1400. The number of esters is 1. The molecule has 1 atom stereocenters. The molecule has 0 saturated carbocycles. The lowest BCUT2D eigenvalue weighted by Crippen LogP contribution is -2.29. The number of aryl methyl sites for hydroxylation is 1. The molecule has 0 radical (unpaired) electrons. The van der Waals surface area contributed by atoms with Gasteiger partial charge < -0.3 is 9.84 Å². The number of methoxy groups -OCH3 is 1. The zero-order chi connectivity index (χ0) is 25.4. The van der Waals surface area contributed by atoms with Crippen LogP contribution in [0.15, 0.2) is 54.1 Å². The van der Waals surface area contributed by atoms with Gasteiger partial charge in [0.2, 0.25) is 0 Å². The molecule has 0 unspecified atom stereocenters. The molecule has 0 aliphatic carbocycles. The molecule has 12 heteroatoms. The number of aliphatic hydroxyl groups excluding tert-OH is 1. The first-order chi connectivity index (χ1) is 16.6. The predicted octanol–water partition coefficient (Wildman–Crippen LogP) is 4.43. The Morgan fingerprint density at radius 2 is 1.80 bits per heavy atom. The zero-order valence-electron chi connectivity index (χ0n) is 18.2. The fourth-order valence-corrected chi connectivity index (χ4v) is 4.79. The van der Waals surface area contributed by atoms with E-state index >= 15 is 0 Å². The van der Waals surface area contributed by atoms with E-state index in [1.54, 1.807) is 6.92 Å². The highest BCUT2D eigenvalue weighted by molar-refractivity contribution is 7.17. The van der Waals surface area contributed by atoms with E-state index in [4.69, 9.17) is 16.3 Å². The van der Waals surface area contributed by atoms with Crippen LogP contribution in [-0.4, -0.2) is 39.8 Å². The second kappa shape index (κ2) is 9.28. The van der Waals surface area contributed by atoms with Crippen LogP contribution >= 0.6 is 22.9 Å². The highest BCUT2D eigenvalue weighted by Crippen LogP contribution is 2.44. The number of carbonyl (C=O) groups is 3. The van der Waals surface area contributed by atoms with Gasteiger partial charge in [0.05, 0.1) is 29.3 Å². The number of rotatable bonds is 5. The number of thiazole rings is 1. The van der Waals surface area contributed by atoms with Gasteiger partial charge in [-0.15, -0.1) is 0 Å². The molecule has 1 fully saturated rings. The van der Waals surface area contributed by atoms with Crippen molar-refractivity contribution in [3.8, 4) is 0 Å². The van der Waals surface area contributed by atoms with Crippen LogP contribution in [0.25, 0.3) is 5.76 Å². The van der Waals surface area contributed by atoms with Gasteiger partial charge in [0.1, 0.15) is 10.6 Å². The summed E-state index contributed by atoms with van der Waals surface area (Å²) < 4.78 is 4.75. The Morgan fingerprint density at radius 1 is 1.17 bits per heavy atom. The maximum absolute atomic E-state index is 13.2. The van der Waals surface area contributed by atoms with Crippen LogP contribution in [0.2, 0.25) is 5.02 Å². The van der Waals surface area contributed by atoms with Crippen LogP contribution in [0.4, 0.5) is 10.8 Å². The molecule has 1 N–H and O–H groups in total. The summed E-state index contributed by atoms with van der Waals surface area (Å²) in [5.41, 5.74) is 0.418. The number of nitrogens with zero attached hydrogens (tertiary/aromatic N) is 3. The zero-order valence-corrected chi connectivity index (χ0v) is 19.8. The minimum absolute atomic E-state index is 0.0310. The highest BCUT2D eigenvalue weighted by atomic mass is 35.5. The van der Waals surface area contributed by atoms with Crippen molar-refractivity contribution >= 4 is 57.2 Å². The molecule has 1 saturated heterocycles. The number of anilines is 1. The Balaban J connectivity index is 1.93. The Hall–Kier alpha value is -4.09. The number of hydrogen-bond donors (Lipinski definition) is 1. The van der Waals surface area contributed by atoms with E-state index in [1.807, 2.05) is 0 Å². The molecule has 178 valence electrons. The number of benzene rings is 2. The summed E-state index contributed by atoms with van der Waals surface area (Å²) in [6.45, 7) is 1.55. The molecule has 1 aliphatic rings. The molecule has 35 heavy (non-hydrogen) atoms. The fourth-order valence-electron chi connectivity index (χ4n) is 3.65. The molecular weight excluding hydrogens is 498 g/mol. The SMILES string of the molecule is COC(=O)c1sc(N2C(=O)C(=O)C(=C(O)c3ccc(Cl)cc3)[C@H]2c2ccc([N+](=O)[O-])cc2)nc1C. The van der Waals surface area contributed by atoms with Gasteiger partial charge in [-0.25, -0.2) is 9.78 Å². The molecule has 2 aromatic carbocycles. The summed E-state index contributed by atoms with van der Waals surface area (Å²) >= 11 is 6.77. The first-order valence-corrected chi connectivity index (χ1v) is 11.2. The minimum Gasteiger partial charge on any atom is -0.507 e. The quantitative estimate of drug-likeness (QED) is 0.132. The number of hydrogen-bond acceptors (Lipinski definition) is 9. The van der Waals surface area contributed by atoms with Crippen molar-refractivity contribution in [3.63, 3.8) is 0 Å². The highest BCUT2D eigenvalue weighted by Gasteiger charge is 2.48. The van der Waals surface area contributed by atoms with Crippen molar-refractivity contribution < 1.29 is 29.2 Å². The predicted molar refractivity (Wildman–Crippen MR) is 128 cm³/mol. The smallest absolute Gasteiger partial charge is 0.350 e. The van der Waals surface area contributed by atoms with E-state index in [1.165, 1.54) is 55.6 Å². The number of aliphatic hydroxyl groups is 1. The van der Waals surface area contributed by atoms with E-state index < -0.39 is 34.4 Å². The maximum Gasteiger partial charge on any atom is 0.350 e. The van der Waals surface area contributed by atoms with Gasteiger partial charge >= 0.3 is 11.9 Å². The topological polar surface area (TPSA) is 140 Å². The number of amides is 1. The van der Waals surface area contributed by atoms with E-state index in [9.17, 15) is 29.6 Å². The van der Waals surface area contributed by atoms with Crippen LogP contribution < -0.4 is 4.90 Å². The van der Waals surface area contributed by atoms with Crippen molar-refractivity contribution in [1.29, 1.82) is 0 Å². The van der Waals surface area contributed by atoms with Crippen LogP contribution in [0.5, 0.6) is 0 Å². The van der Waals surface area contributed by atoms with Crippen molar-refractivity contribution in [2.24, 2.45) is 0 Å². The molecule has 0 spiro atoms. The second-order valence-electron chi connectivity index (χ2n) is 7.43. The monoisotopic (exact) mass is 513 g/mol. The number of nitro groups is 1. The van der Waals surface area contributed by atoms with Gasteiger partial charge in [-0.05, 0) is 48.9 Å². The molecule has 3 aromatic rings. The molecule has 10 nitrogen and oxygen atoms in total. The number of Topliss-reactive ketones (excluding diaryl/α,β-unsaturated/α-hetero) is 1. The molecule has 1 amide bonds. The number of non-ortho nitro benzene ring substituents is 1. The van der Waals surface area contributed by atoms with Gasteiger partial charge in [-0.3, -0.25) is 24.6 Å². The van der Waals surface area contributed by atoms with Crippen LogP contribution in [0.1, 0.15) is 32.5 Å².